The summed E-state index contributed by atoms with van der Waals surface area (Å²) in [5.41, 5.74) is -0.110. The van der Waals surface area contributed by atoms with Crippen LogP contribution in [0.5, 0.6) is 0 Å². The number of hydrogen-bond acceptors (Lipinski definition) is 4. The van der Waals surface area contributed by atoms with Gasteiger partial charge in [-0.15, -0.1) is 0 Å². The third-order valence-corrected chi connectivity index (χ3v) is 7.11. The summed E-state index contributed by atoms with van der Waals surface area (Å²) in [4.78, 5) is -0.00828. The highest BCUT2D eigenvalue weighted by Crippen LogP contribution is 2.41. The van der Waals surface area contributed by atoms with Gasteiger partial charge in [0, 0.05) is 10.7 Å². The highest BCUT2D eigenvalue weighted by molar-refractivity contribution is 7.90. The number of benzene rings is 1. The standard InChI is InChI=1S/C12H16ClO4PS/c13-10-6-8-12(9-7-10)19(15,16)17-18(14)11-4-2-1-3-5-11/h6-9,11,18H,1-5H2. The lowest BCUT2D eigenvalue weighted by atomic mass is 10.0. The molecule has 0 amide bonds. The van der Waals surface area contributed by atoms with Gasteiger partial charge in [0.1, 0.15) is 0 Å². The molecule has 0 radical (unpaired) electrons. The van der Waals surface area contributed by atoms with Crippen molar-refractivity contribution in [1.82, 2.24) is 0 Å². The fourth-order valence-electron chi connectivity index (χ4n) is 2.16. The molecule has 0 saturated heterocycles. The van der Waals surface area contributed by atoms with Gasteiger partial charge >= 0.3 is 10.1 Å². The first-order chi connectivity index (χ1) is 8.99. The van der Waals surface area contributed by atoms with E-state index in [0.717, 1.165) is 32.1 Å². The first-order valence-electron chi connectivity index (χ1n) is 6.23. The normalized spacial score (nSPS) is 19.2. The second kappa shape index (κ2) is 6.40. The van der Waals surface area contributed by atoms with Gasteiger partial charge in [0.15, 0.2) is 0 Å². The maximum atomic E-state index is 12.0. The molecule has 7 heteroatoms. The zero-order valence-electron chi connectivity index (χ0n) is 10.3. The van der Waals surface area contributed by atoms with Crippen molar-refractivity contribution in [2.24, 2.45) is 0 Å². The molecule has 0 bridgehead atoms. The van der Waals surface area contributed by atoms with Crippen LogP contribution in [0.1, 0.15) is 32.1 Å². The first kappa shape index (κ1) is 15.0. The van der Waals surface area contributed by atoms with E-state index in [2.05, 4.69) is 0 Å². The third-order valence-electron chi connectivity index (χ3n) is 3.23. The second-order valence-corrected chi connectivity index (χ2v) is 8.58. The summed E-state index contributed by atoms with van der Waals surface area (Å²) in [5.74, 6) is 0. The summed E-state index contributed by atoms with van der Waals surface area (Å²) >= 11 is 5.70. The van der Waals surface area contributed by atoms with Gasteiger partial charge in [-0.25, -0.2) is 3.97 Å². The molecule has 1 fully saturated rings. The van der Waals surface area contributed by atoms with E-state index in [-0.39, 0.29) is 10.6 Å². The first-order valence-corrected chi connectivity index (χ1v) is 9.41. The molecule has 0 spiro atoms. The van der Waals surface area contributed by atoms with Crippen molar-refractivity contribution >= 4 is 29.7 Å². The van der Waals surface area contributed by atoms with Crippen molar-refractivity contribution in [3.8, 4) is 0 Å². The summed E-state index contributed by atoms with van der Waals surface area (Å²) in [7, 11) is -6.53. The molecule has 1 aromatic rings. The minimum absolute atomic E-state index is 0.00828. The zero-order valence-corrected chi connectivity index (χ0v) is 12.9. The molecule has 1 aromatic carbocycles. The Labute approximate surface area is 119 Å². The number of rotatable bonds is 4. The van der Waals surface area contributed by atoms with E-state index < -0.39 is 18.1 Å². The van der Waals surface area contributed by atoms with Crippen LogP contribution in [0.4, 0.5) is 0 Å². The van der Waals surface area contributed by atoms with Crippen molar-refractivity contribution in [3.63, 3.8) is 0 Å². The molecule has 1 unspecified atom stereocenters. The van der Waals surface area contributed by atoms with Gasteiger partial charge in [0.25, 0.3) is 0 Å². The predicted octanol–water partition coefficient (Wildman–Crippen LogP) is 3.85. The Balaban J connectivity index is 2.08. The lowest BCUT2D eigenvalue weighted by molar-refractivity contribution is 0.436. The maximum absolute atomic E-state index is 12.0. The molecule has 0 aliphatic heterocycles. The molecule has 1 aliphatic rings. The lowest BCUT2D eigenvalue weighted by Gasteiger charge is -2.20. The summed E-state index contributed by atoms with van der Waals surface area (Å²) in [6.07, 6.45) is 4.67. The van der Waals surface area contributed by atoms with Crippen LogP contribution in [-0.2, 0) is 18.7 Å². The van der Waals surface area contributed by atoms with Crippen molar-refractivity contribution < 1.29 is 17.0 Å². The Morgan fingerprint density at radius 2 is 1.68 bits per heavy atom. The van der Waals surface area contributed by atoms with E-state index in [1.54, 1.807) is 0 Å². The van der Waals surface area contributed by atoms with E-state index in [9.17, 15) is 13.0 Å². The van der Waals surface area contributed by atoms with Crippen LogP contribution >= 0.6 is 19.6 Å². The van der Waals surface area contributed by atoms with E-state index >= 15 is 0 Å². The monoisotopic (exact) mass is 322 g/mol. The Morgan fingerprint density at radius 3 is 2.26 bits per heavy atom. The van der Waals surface area contributed by atoms with Gasteiger partial charge in [-0.1, -0.05) is 30.9 Å². The van der Waals surface area contributed by atoms with Gasteiger partial charge in [0.05, 0.1) is 4.90 Å². The zero-order chi connectivity index (χ0) is 13.9. The van der Waals surface area contributed by atoms with E-state index in [1.807, 2.05) is 0 Å². The van der Waals surface area contributed by atoms with Crippen LogP contribution in [-0.4, -0.2) is 14.1 Å². The minimum atomic E-state index is -3.95. The summed E-state index contributed by atoms with van der Waals surface area (Å²) < 4.78 is 40.8. The average molecular weight is 323 g/mol. The Bertz CT molecular complexity index is 550. The molecular formula is C12H16ClO4PS. The molecule has 0 N–H and O–H groups in total. The smallest absolute Gasteiger partial charge is 0.295 e. The van der Waals surface area contributed by atoms with Crippen LogP contribution in [0.15, 0.2) is 29.2 Å². The Kier molecular flexibility index (Phi) is 5.07. The molecule has 0 aromatic heterocycles. The maximum Gasteiger partial charge on any atom is 0.302 e. The van der Waals surface area contributed by atoms with Crippen LogP contribution in [0.2, 0.25) is 5.02 Å². The van der Waals surface area contributed by atoms with Crippen LogP contribution in [0, 0.1) is 0 Å². The Morgan fingerprint density at radius 1 is 1.11 bits per heavy atom. The quantitative estimate of drug-likeness (QED) is 0.790. The molecule has 1 aliphatic carbocycles. The van der Waals surface area contributed by atoms with Crippen LogP contribution < -0.4 is 0 Å². The fourth-order valence-corrected chi connectivity index (χ4v) is 5.43. The van der Waals surface area contributed by atoms with E-state index in [0.29, 0.717) is 5.02 Å². The SMILES string of the molecule is O=[PH](OS(=O)(=O)c1ccc(Cl)cc1)C1CCCCC1. The topological polar surface area (TPSA) is 60.4 Å². The van der Waals surface area contributed by atoms with Gasteiger partial charge < -0.3 is 0 Å². The van der Waals surface area contributed by atoms with Crippen molar-refractivity contribution in [1.29, 1.82) is 0 Å². The molecule has 106 valence electrons. The van der Waals surface area contributed by atoms with Crippen LogP contribution in [0.3, 0.4) is 0 Å². The van der Waals surface area contributed by atoms with Crippen molar-refractivity contribution in [2.75, 3.05) is 0 Å². The van der Waals surface area contributed by atoms with Crippen molar-refractivity contribution in [2.45, 2.75) is 42.7 Å². The predicted molar refractivity (Wildman–Crippen MR) is 75.6 cm³/mol. The lowest BCUT2D eigenvalue weighted by Crippen LogP contribution is -2.11. The molecule has 4 nitrogen and oxygen atoms in total. The Hall–Kier alpha value is -0.350. The van der Waals surface area contributed by atoms with Gasteiger partial charge in [-0.2, -0.15) is 8.42 Å². The summed E-state index contributed by atoms with van der Waals surface area (Å²) in [5, 5.41) is 0.443. The second-order valence-electron chi connectivity index (χ2n) is 4.65. The highest BCUT2D eigenvalue weighted by atomic mass is 35.5. The fraction of sp³-hybridized carbons (Fsp3) is 0.500. The molecular weight excluding hydrogens is 307 g/mol. The molecule has 1 saturated carbocycles. The average Bonchev–Trinajstić information content (AvgIpc) is 2.40. The van der Waals surface area contributed by atoms with E-state index in [4.69, 9.17) is 15.6 Å². The summed E-state index contributed by atoms with van der Waals surface area (Å²) in [6.45, 7) is 0. The molecule has 0 heterocycles. The van der Waals surface area contributed by atoms with Crippen LogP contribution in [0.25, 0.3) is 0 Å². The van der Waals surface area contributed by atoms with Crippen molar-refractivity contribution in [3.05, 3.63) is 29.3 Å². The van der Waals surface area contributed by atoms with Gasteiger partial charge in [-0.05, 0) is 37.1 Å². The van der Waals surface area contributed by atoms with Gasteiger partial charge in [0.2, 0.25) is 8.03 Å². The van der Waals surface area contributed by atoms with E-state index in [1.165, 1.54) is 24.3 Å². The number of hydrogen-bond donors (Lipinski definition) is 0. The molecule has 1 atom stereocenters. The number of halogens is 1. The molecule has 2 rings (SSSR count). The third kappa shape index (κ3) is 4.06. The summed E-state index contributed by atoms with van der Waals surface area (Å²) in [6, 6.07) is 5.65. The highest BCUT2D eigenvalue weighted by Gasteiger charge is 2.26. The largest absolute Gasteiger partial charge is 0.302 e. The molecule has 19 heavy (non-hydrogen) atoms. The van der Waals surface area contributed by atoms with Gasteiger partial charge in [-0.3, -0.25) is 4.57 Å². The minimum Gasteiger partial charge on any atom is -0.295 e.